The Morgan fingerprint density at radius 3 is 2.50 bits per heavy atom. The van der Waals surface area contributed by atoms with E-state index < -0.39 is 0 Å². The van der Waals surface area contributed by atoms with Crippen LogP contribution in [0.25, 0.3) is 0 Å². The quantitative estimate of drug-likeness (QED) is 0.851. The summed E-state index contributed by atoms with van der Waals surface area (Å²) in [5.41, 5.74) is 2.00. The molecule has 1 aromatic carbocycles. The Morgan fingerprint density at radius 2 is 1.89 bits per heavy atom. The van der Waals surface area contributed by atoms with Crippen molar-refractivity contribution in [1.82, 2.24) is 0 Å². The van der Waals surface area contributed by atoms with E-state index in [1.54, 1.807) is 0 Å². The van der Waals surface area contributed by atoms with Crippen LogP contribution < -0.4 is 10.6 Å². The van der Waals surface area contributed by atoms with Crippen LogP contribution >= 0.6 is 0 Å². The fourth-order valence-corrected chi connectivity index (χ4v) is 2.78. The standard InChI is InChI=1S/C15H22N2O/c1-3-12-5-4-6-15(12)17-14-9-7-13(8-10-14)16-11(2)18/h7-10,12,15,17H,3-6H2,1-2H3,(H,16,18). The number of hydrogen-bond acceptors (Lipinski definition) is 2. The number of benzene rings is 1. The smallest absolute Gasteiger partial charge is 0.221 e. The lowest BCUT2D eigenvalue weighted by atomic mass is 10.0. The normalized spacial score (nSPS) is 22.8. The van der Waals surface area contributed by atoms with Gasteiger partial charge < -0.3 is 10.6 Å². The molecule has 2 N–H and O–H groups in total. The summed E-state index contributed by atoms with van der Waals surface area (Å²) in [5.74, 6) is 0.776. The van der Waals surface area contributed by atoms with E-state index in [2.05, 4.69) is 17.6 Å². The van der Waals surface area contributed by atoms with E-state index >= 15 is 0 Å². The van der Waals surface area contributed by atoms with Crippen LogP contribution in [-0.4, -0.2) is 11.9 Å². The zero-order valence-corrected chi connectivity index (χ0v) is 11.2. The van der Waals surface area contributed by atoms with Crippen LogP contribution in [0, 0.1) is 5.92 Å². The monoisotopic (exact) mass is 246 g/mol. The molecule has 1 aromatic rings. The maximum atomic E-state index is 10.9. The molecular weight excluding hydrogens is 224 g/mol. The second-order valence-corrected chi connectivity index (χ2v) is 5.11. The van der Waals surface area contributed by atoms with Gasteiger partial charge in [0, 0.05) is 24.3 Å². The number of hydrogen-bond donors (Lipinski definition) is 2. The number of carbonyl (C=O) groups is 1. The lowest BCUT2D eigenvalue weighted by Gasteiger charge is -2.21. The Kier molecular flexibility index (Phi) is 4.24. The van der Waals surface area contributed by atoms with E-state index in [-0.39, 0.29) is 5.91 Å². The SMILES string of the molecule is CCC1CCCC1Nc1ccc(NC(C)=O)cc1. The lowest BCUT2D eigenvalue weighted by molar-refractivity contribution is -0.114. The molecule has 1 amide bonds. The average Bonchev–Trinajstić information content (AvgIpc) is 2.78. The second kappa shape index (κ2) is 5.89. The highest BCUT2D eigenvalue weighted by Gasteiger charge is 2.25. The van der Waals surface area contributed by atoms with Crippen LogP contribution in [0.4, 0.5) is 11.4 Å². The number of rotatable bonds is 4. The van der Waals surface area contributed by atoms with Crippen LogP contribution in [0.1, 0.15) is 39.5 Å². The minimum atomic E-state index is -0.0300. The molecule has 0 saturated heterocycles. The first-order valence-electron chi connectivity index (χ1n) is 6.83. The molecule has 2 rings (SSSR count). The van der Waals surface area contributed by atoms with Gasteiger partial charge in [-0.15, -0.1) is 0 Å². The summed E-state index contributed by atoms with van der Waals surface area (Å²) in [6.07, 6.45) is 5.20. The molecule has 0 bridgehead atoms. The molecule has 2 unspecified atom stereocenters. The van der Waals surface area contributed by atoms with Crippen molar-refractivity contribution < 1.29 is 4.79 Å². The molecule has 1 fully saturated rings. The third kappa shape index (κ3) is 3.25. The van der Waals surface area contributed by atoms with Gasteiger partial charge in [-0.3, -0.25) is 4.79 Å². The summed E-state index contributed by atoms with van der Waals surface area (Å²) in [4.78, 5) is 10.9. The number of nitrogens with one attached hydrogen (secondary N) is 2. The minimum absolute atomic E-state index is 0.0300. The van der Waals surface area contributed by atoms with E-state index in [0.717, 1.165) is 17.3 Å². The highest BCUT2D eigenvalue weighted by molar-refractivity contribution is 5.88. The molecule has 3 heteroatoms. The van der Waals surface area contributed by atoms with Gasteiger partial charge in [-0.2, -0.15) is 0 Å². The van der Waals surface area contributed by atoms with Gasteiger partial charge in [-0.25, -0.2) is 0 Å². The van der Waals surface area contributed by atoms with Crippen LogP contribution in [0.2, 0.25) is 0 Å². The van der Waals surface area contributed by atoms with Crippen molar-refractivity contribution in [2.24, 2.45) is 5.92 Å². The predicted molar refractivity (Wildman–Crippen MR) is 75.8 cm³/mol. The summed E-state index contributed by atoms with van der Waals surface area (Å²) in [5, 5.41) is 6.39. The summed E-state index contributed by atoms with van der Waals surface area (Å²) >= 11 is 0. The van der Waals surface area contributed by atoms with Crippen molar-refractivity contribution in [3.8, 4) is 0 Å². The van der Waals surface area contributed by atoms with Gasteiger partial charge in [-0.05, 0) is 43.0 Å². The Labute approximate surface area is 109 Å². The first-order chi connectivity index (χ1) is 8.69. The van der Waals surface area contributed by atoms with Gasteiger partial charge in [0.2, 0.25) is 5.91 Å². The molecule has 1 aliphatic rings. The lowest BCUT2D eigenvalue weighted by Crippen LogP contribution is -2.23. The van der Waals surface area contributed by atoms with E-state index in [1.165, 1.54) is 32.6 Å². The molecule has 2 atom stereocenters. The molecule has 18 heavy (non-hydrogen) atoms. The molecule has 1 saturated carbocycles. The molecular formula is C15H22N2O. The van der Waals surface area contributed by atoms with Crippen molar-refractivity contribution in [2.45, 2.75) is 45.6 Å². The fraction of sp³-hybridized carbons (Fsp3) is 0.533. The Bertz CT molecular complexity index is 399. The van der Waals surface area contributed by atoms with Crippen LogP contribution in [0.3, 0.4) is 0 Å². The summed E-state index contributed by atoms with van der Waals surface area (Å²) in [6.45, 7) is 3.79. The van der Waals surface area contributed by atoms with Crippen LogP contribution in [-0.2, 0) is 4.79 Å². The molecule has 0 heterocycles. The number of anilines is 2. The zero-order chi connectivity index (χ0) is 13.0. The highest BCUT2D eigenvalue weighted by Crippen LogP contribution is 2.30. The summed E-state index contributed by atoms with van der Waals surface area (Å²) in [6, 6.07) is 8.58. The molecule has 3 nitrogen and oxygen atoms in total. The summed E-state index contributed by atoms with van der Waals surface area (Å²) < 4.78 is 0. The first-order valence-corrected chi connectivity index (χ1v) is 6.83. The molecule has 0 aliphatic heterocycles. The fourth-order valence-electron chi connectivity index (χ4n) is 2.78. The van der Waals surface area contributed by atoms with Gasteiger partial charge in [0.1, 0.15) is 0 Å². The molecule has 1 aliphatic carbocycles. The van der Waals surface area contributed by atoms with E-state index in [1.807, 2.05) is 24.3 Å². The zero-order valence-electron chi connectivity index (χ0n) is 11.2. The minimum Gasteiger partial charge on any atom is -0.382 e. The third-order valence-corrected chi connectivity index (χ3v) is 3.74. The third-order valence-electron chi connectivity index (χ3n) is 3.74. The topological polar surface area (TPSA) is 41.1 Å². The van der Waals surface area contributed by atoms with Crippen molar-refractivity contribution in [2.75, 3.05) is 10.6 Å². The van der Waals surface area contributed by atoms with Crippen molar-refractivity contribution in [3.05, 3.63) is 24.3 Å². The van der Waals surface area contributed by atoms with Gasteiger partial charge in [0.05, 0.1) is 0 Å². The van der Waals surface area contributed by atoms with Gasteiger partial charge in [-0.1, -0.05) is 19.8 Å². The highest BCUT2D eigenvalue weighted by atomic mass is 16.1. The largest absolute Gasteiger partial charge is 0.382 e. The second-order valence-electron chi connectivity index (χ2n) is 5.11. The Hall–Kier alpha value is -1.51. The van der Waals surface area contributed by atoms with Crippen LogP contribution in [0.5, 0.6) is 0 Å². The first kappa shape index (κ1) is 12.9. The number of amides is 1. The summed E-state index contributed by atoms with van der Waals surface area (Å²) in [7, 11) is 0. The Morgan fingerprint density at radius 1 is 1.22 bits per heavy atom. The maximum absolute atomic E-state index is 10.9. The van der Waals surface area contributed by atoms with E-state index in [9.17, 15) is 4.79 Å². The van der Waals surface area contributed by atoms with Gasteiger partial charge >= 0.3 is 0 Å². The molecule has 98 valence electrons. The number of carbonyl (C=O) groups excluding carboxylic acids is 1. The van der Waals surface area contributed by atoms with Crippen LogP contribution in [0.15, 0.2) is 24.3 Å². The van der Waals surface area contributed by atoms with E-state index in [0.29, 0.717) is 6.04 Å². The van der Waals surface area contributed by atoms with Crippen molar-refractivity contribution >= 4 is 17.3 Å². The van der Waals surface area contributed by atoms with Crippen molar-refractivity contribution in [3.63, 3.8) is 0 Å². The maximum Gasteiger partial charge on any atom is 0.221 e. The van der Waals surface area contributed by atoms with Gasteiger partial charge in [0.15, 0.2) is 0 Å². The van der Waals surface area contributed by atoms with E-state index in [4.69, 9.17) is 0 Å². The van der Waals surface area contributed by atoms with Crippen molar-refractivity contribution in [1.29, 1.82) is 0 Å². The Balaban J connectivity index is 1.95. The predicted octanol–water partition coefficient (Wildman–Crippen LogP) is 3.64. The average molecular weight is 246 g/mol. The molecule has 0 spiro atoms. The molecule has 0 radical (unpaired) electrons. The van der Waals surface area contributed by atoms with Gasteiger partial charge in [0.25, 0.3) is 0 Å². The molecule has 0 aromatic heterocycles.